The zero-order valence-corrected chi connectivity index (χ0v) is 21.5. The van der Waals surface area contributed by atoms with Crippen molar-refractivity contribution in [1.29, 1.82) is 0 Å². The third-order valence-electron chi connectivity index (χ3n) is 6.04. The van der Waals surface area contributed by atoms with Gasteiger partial charge in [0.05, 0.1) is 13.2 Å². The van der Waals surface area contributed by atoms with Crippen molar-refractivity contribution in [3.05, 3.63) is 65.9 Å². The topological polar surface area (TPSA) is 65.6 Å². The van der Waals surface area contributed by atoms with Gasteiger partial charge in [-0.15, -0.1) is 0 Å². The average Bonchev–Trinajstić information content (AvgIpc) is 3.25. The molecule has 0 fully saturated rings. The fourth-order valence-electron chi connectivity index (χ4n) is 4.27. The zero-order chi connectivity index (χ0) is 25.2. The van der Waals surface area contributed by atoms with Gasteiger partial charge in [0.2, 0.25) is 11.8 Å². The number of aromatic nitrogens is 1. The Labute approximate surface area is 209 Å². The molecule has 0 unspecified atom stereocenters. The Hall–Kier alpha value is -3.28. The maximum absolute atomic E-state index is 13.5. The molecule has 0 aliphatic rings. The number of carbonyl (C=O) groups is 2. The van der Waals surface area contributed by atoms with Crippen molar-refractivity contribution >= 4 is 22.7 Å². The van der Waals surface area contributed by atoms with Crippen LogP contribution in [0.1, 0.15) is 51.7 Å². The first-order chi connectivity index (χ1) is 16.9. The molecule has 0 saturated carbocycles. The molecule has 35 heavy (non-hydrogen) atoms. The number of benzene rings is 2. The summed E-state index contributed by atoms with van der Waals surface area (Å²) in [5.74, 6) is 1.11. The maximum Gasteiger partial charge on any atom is 0.242 e. The van der Waals surface area contributed by atoms with E-state index in [0.717, 1.165) is 29.7 Å². The Balaban J connectivity index is 1.77. The lowest BCUT2D eigenvalue weighted by molar-refractivity contribution is -0.141. The van der Waals surface area contributed by atoms with Gasteiger partial charge >= 0.3 is 0 Å². The van der Waals surface area contributed by atoms with E-state index in [0.29, 0.717) is 32.7 Å². The number of carbonyl (C=O) groups excluding carboxylic acids is 2. The summed E-state index contributed by atoms with van der Waals surface area (Å²) in [5, 5.41) is 1.18. The molecule has 2 amide bonds. The molecule has 3 rings (SSSR count). The van der Waals surface area contributed by atoms with Gasteiger partial charge in [-0.1, -0.05) is 51.1 Å². The van der Waals surface area contributed by atoms with Crippen LogP contribution in [-0.4, -0.2) is 52.8 Å². The smallest absolute Gasteiger partial charge is 0.242 e. The molecular weight excluding hydrogens is 438 g/mol. The van der Waals surface area contributed by atoms with Gasteiger partial charge in [-0.05, 0) is 55.0 Å². The first-order valence-electron chi connectivity index (χ1n) is 12.7. The summed E-state index contributed by atoms with van der Waals surface area (Å²) >= 11 is 0. The van der Waals surface area contributed by atoms with Crippen molar-refractivity contribution in [1.82, 2.24) is 14.8 Å². The van der Waals surface area contributed by atoms with Gasteiger partial charge in [-0.3, -0.25) is 9.59 Å². The lowest BCUT2D eigenvalue weighted by Crippen LogP contribution is -2.44. The van der Waals surface area contributed by atoms with Crippen LogP contribution in [0.4, 0.5) is 0 Å². The van der Waals surface area contributed by atoms with E-state index in [1.54, 1.807) is 4.90 Å². The van der Waals surface area contributed by atoms with Gasteiger partial charge in [0.15, 0.2) is 0 Å². The number of nitrogens with zero attached hydrogens (tertiary/aromatic N) is 2. The monoisotopic (exact) mass is 477 g/mol. The van der Waals surface area contributed by atoms with Crippen molar-refractivity contribution < 1.29 is 14.3 Å². The SMILES string of the molecule is CCCN(CC(=O)N(CCc1c[nH]c2ccccc12)Cc1ccc(OCC)cc1)C(=O)CC(C)C. The van der Waals surface area contributed by atoms with Crippen LogP contribution < -0.4 is 4.74 Å². The normalized spacial score (nSPS) is 11.1. The van der Waals surface area contributed by atoms with E-state index >= 15 is 0 Å². The highest BCUT2D eigenvalue weighted by Crippen LogP contribution is 2.20. The van der Waals surface area contributed by atoms with Crippen LogP contribution in [0.15, 0.2) is 54.7 Å². The Morgan fingerprint density at radius 3 is 2.37 bits per heavy atom. The molecular formula is C29H39N3O3. The predicted octanol–water partition coefficient (Wildman–Crippen LogP) is 5.42. The molecule has 1 heterocycles. The van der Waals surface area contributed by atoms with Gasteiger partial charge in [-0.2, -0.15) is 0 Å². The van der Waals surface area contributed by atoms with E-state index in [-0.39, 0.29) is 24.3 Å². The molecule has 0 aliphatic carbocycles. The van der Waals surface area contributed by atoms with Crippen LogP contribution in [0.2, 0.25) is 0 Å². The van der Waals surface area contributed by atoms with Gasteiger partial charge in [0.25, 0.3) is 0 Å². The van der Waals surface area contributed by atoms with Gasteiger partial charge in [-0.25, -0.2) is 0 Å². The minimum absolute atomic E-state index is 0.0238. The predicted molar refractivity (Wildman–Crippen MR) is 141 cm³/mol. The minimum atomic E-state index is -0.0238. The van der Waals surface area contributed by atoms with E-state index in [9.17, 15) is 9.59 Å². The number of nitrogens with one attached hydrogen (secondary N) is 1. The van der Waals surface area contributed by atoms with E-state index in [1.165, 1.54) is 10.9 Å². The summed E-state index contributed by atoms with van der Waals surface area (Å²) < 4.78 is 5.56. The van der Waals surface area contributed by atoms with Crippen LogP contribution in [0.25, 0.3) is 10.9 Å². The van der Waals surface area contributed by atoms with Crippen molar-refractivity contribution in [3.8, 4) is 5.75 Å². The molecule has 2 aromatic carbocycles. The fraction of sp³-hybridized carbons (Fsp3) is 0.448. The third-order valence-corrected chi connectivity index (χ3v) is 6.04. The number of hydrogen-bond acceptors (Lipinski definition) is 3. The summed E-state index contributed by atoms with van der Waals surface area (Å²) in [6.07, 6.45) is 4.05. The second kappa shape index (κ2) is 13.0. The number of H-pyrrole nitrogens is 1. The van der Waals surface area contributed by atoms with Gasteiger partial charge in [0, 0.05) is 43.2 Å². The quantitative estimate of drug-likeness (QED) is 0.357. The van der Waals surface area contributed by atoms with Crippen LogP contribution in [-0.2, 0) is 22.6 Å². The average molecular weight is 478 g/mol. The van der Waals surface area contributed by atoms with E-state index in [2.05, 4.69) is 17.1 Å². The standard InChI is InChI=1S/C29H39N3O3/c1-5-16-31(28(33)18-22(3)4)21-29(34)32(20-23-11-13-25(14-12-23)35-6-2)17-15-24-19-30-27-10-8-7-9-26(24)27/h7-14,19,22,30H,5-6,15-18,20-21H2,1-4H3. The molecule has 0 atom stereocenters. The number of ether oxygens (including phenoxy) is 1. The molecule has 3 aromatic rings. The van der Waals surface area contributed by atoms with Gasteiger partial charge in [0.1, 0.15) is 5.75 Å². The Morgan fingerprint density at radius 2 is 1.69 bits per heavy atom. The van der Waals surface area contributed by atoms with Crippen molar-refractivity contribution in [2.45, 2.75) is 53.5 Å². The van der Waals surface area contributed by atoms with Crippen LogP contribution in [0.5, 0.6) is 5.75 Å². The molecule has 6 heteroatoms. The third kappa shape index (κ3) is 7.61. The van der Waals surface area contributed by atoms with E-state index in [4.69, 9.17) is 4.74 Å². The maximum atomic E-state index is 13.5. The van der Waals surface area contributed by atoms with E-state index < -0.39 is 0 Å². The molecule has 1 N–H and O–H groups in total. The number of para-hydroxylation sites is 1. The van der Waals surface area contributed by atoms with Crippen LogP contribution >= 0.6 is 0 Å². The summed E-state index contributed by atoms with van der Waals surface area (Å²) in [4.78, 5) is 33.2. The Bertz CT molecular complexity index is 1090. The largest absolute Gasteiger partial charge is 0.494 e. The van der Waals surface area contributed by atoms with Crippen LogP contribution in [0.3, 0.4) is 0 Å². The summed E-state index contributed by atoms with van der Waals surface area (Å²) in [6, 6.07) is 16.1. The zero-order valence-electron chi connectivity index (χ0n) is 21.5. The second-order valence-electron chi connectivity index (χ2n) is 9.42. The molecule has 188 valence electrons. The number of amides is 2. The Kier molecular flexibility index (Phi) is 9.76. The number of aromatic amines is 1. The van der Waals surface area contributed by atoms with Gasteiger partial charge < -0.3 is 19.5 Å². The first-order valence-corrected chi connectivity index (χ1v) is 12.7. The highest BCUT2D eigenvalue weighted by atomic mass is 16.5. The second-order valence-corrected chi connectivity index (χ2v) is 9.42. The number of fused-ring (bicyclic) bond motifs is 1. The molecule has 0 radical (unpaired) electrons. The highest BCUT2D eigenvalue weighted by Gasteiger charge is 2.22. The summed E-state index contributed by atoms with van der Waals surface area (Å²) in [6.45, 7) is 10.5. The first kappa shape index (κ1) is 26.3. The number of hydrogen-bond donors (Lipinski definition) is 1. The minimum Gasteiger partial charge on any atom is -0.494 e. The Morgan fingerprint density at radius 1 is 0.943 bits per heavy atom. The highest BCUT2D eigenvalue weighted by molar-refractivity contribution is 5.85. The lowest BCUT2D eigenvalue weighted by Gasteiger charge is -2.28. The van der Waals surface area contributed by atoms with Crippen molar-refractivity contribution in [3.63, 3.8) is 0 Å². The van der Waals surface area contributed by atoms with Crippen molar-refractivity contribution in [2.24, 2.45) is 5.92 Å². The molecule has 0 spiro atoms. The summed E-state index contributed by atoms with van der Waals surface area (Å²) in [7, 11) is 0. The molecule has 1 aromatic heterocycles. The molecule has 6 nitrogen and oxygen atoms in total. The lowest BCUT2D eigenvalue weighted by atomic mass is 10.1. The van der Waals surface area contributed by atoms with E-state index in [1.807, 2.05) is 75.2 Å². The summed E-state index contributed by atoms with van der Waals surface area (Å²) in [5.41, 5.74) is 3.32. The molecule has 0 bridgehead atoms. The van der Waals surface area contributed by atoms with Crippen molar-refractivity contribution in [2.75, 3.05) is 26.2 Å². The molecule has 0 aliphatic heterocycles. The van der Waals surface area contributed by atoms with Crippen LogP contribution in [0, 0.1) is 5.92 Å². The fourth-order valence-corrected chi connectivity index (χ4v) is 4.27. The number of rotatable bonds is 13. The molecule has 0 saturated heterocycles.